The topological polar surface area (TPSA) is 35.5 Å². The number of aryl methyl sites for hydroxylation is 2. The van der Waals surface area contributed by atoms with Gasteiger partial charge in [-0.25, -0.2) is 0 Å². The lowest BCUT2D eigenvalue weighted by molar-refractivity contribution is -0.545. The average Bonchev–Trinajstić information content (AvgIpc) is 3.20. The zero-order valence-corrected chi connectivity index (χ0v) is 17.0. The van der Waals surface area contributed by atoms with Gasteiger partial charge in [0.2, 0.25) is 0 Å². The highest BCUT2D eigenvalue weighted by molar-refractivity contribution is 5.93. The Kier molecular flexibility index (Phi) is 6.34. The van der Waals surface area contributed by atoms with Crippen LogP contribution >= 0.6 is 0 Å². The van der Waals surface area contributed by atoms with Crippen LogP contribution in [0.4, 0.5) is 11.4 Å². The van der Waals surface area contributed by atoms with Crippen molar-refractivity contribution in [3.05, 3.63) is 95.6 Å². The summed E-state index contributed by atoms with van der Waals surface area (Å²) in [5, 5.41) is 9.07. The van der Waals surface area contributed by atoms with E-state index in [9.17, 15) is 0 Å². The highest BCUT2D eigenvalue weighted by Gasteiger charge is 2.31. The minimum Gasteiger partial charge on any atom is -1.00 e. The zero-order valence-electron chi connectivity index (χ0n) is 16.2. The third-order valence-electron chi connectivity index (χ3n) is 4.85. The van der Waals surface area contributed by atoms with Crippen molar-refractivity contribution >= 4 is 17.2 Å². The smallest absolute Gasteiger partial charge is 0.277 e. The maximum absolute atomic E-state index is 4.94. The molecule has 1 aliphatic heterocycles. The van der Waals surface area contributed by atoms with Crippen LogP contribution in [0.25, 0.3) is 0 Å². The van der Waals surface area contributed by atoms with Crippen LogP contribution in [0.1, 0.15) is 30.5 Å². The first-order chi connectivity index (χ1) is 13.3. The highest BCUT2D eigenvalue weighted by Crippen LogP contribution is 2.25. The molecular weight excluding hydrogens is 368 g/mol. The second kappa shape index (κ2) is 8.91. The van der Waals surface area contributed by atoms with Crippen LogP contribution in [-0.4, -0.2) is 5.84 Å². The molecule has 0 bridgehead atoms. The second-order valence-corrected chi connectivity index (χ2v) is 6.66. The van der Waals surface area contributed by atoms with Gasteiger partial charge in [-0.3, -0.25) is 0 Å². The standard InChI is InChI=1S/C23H24N4.ClH/c1-3-18-10-8-14-21(16-18)26-24-23(20-12-6-5-7-13-20)25-27(26)22-15-9-11-19(4-2)17-22;/h5-17H,3-4H2,1-2H3,(H,24,25);1H. The normalized spacial score (nSPS) is 13.3. The van der Waals surface area contributed by atoms with Gasteiger partial charge in [0.25, 0.3) is 5.84 Å². The summed E-state index contributed by atoms with van der Waals surface area (Å²) in [5.41, 5.74) is 8.03. The van der Waals surface area contributed by atoms with Gasteiger partial charge < -0.3 is 12.4 Å². The fourth-order valence-corrected chi connectivity index (χ4v) is 3.27. The van der Waals surface area contributed by atoms with Gasteiger partial charge in [0, 0.05) is 0 Å². The van der Waals surface area contributed by atoms with Gasteiger partial charge in [-0.15, -0.1) is 10.2 Å². The SMILES string of the molecule is CCc1cccc(N2N=C(c3ccccc3)[NH2+]N2c2cccc(CC)c2)c1.[Cl-]. The van der Waals surface area contributed by atoms with Crippen molar-refractivity contribution in [3.63, 3.8) is 0 Å². The minimum atomic E-state index is 0. The van der Waals surface area contributed by atoms with Crippen LogP contribution in [0.15, 0.2) is 84.0 Å². The summed E-state index contributed by atoms with van der Waals surface area (Å²) in [6, 6.07) is 27.6. The van der Waals surface area contributed by atoms with Crippen molar-refractivity contribution in [2.45, 2.75) is 26.7 Å². The molecule has 4 nitrogen and oxygen atoms in total. The minimum absolute atomic E-state index is 0. The Labute approximate surface area is 172 Å². The molecule has 28 heavy (non-hydrogen) atoms. The fraction of sp³-hybridized carbons (Fsp3) is 0.174. The van der Waals surface area contributed by atoms with Gasteiger partial charge in [-0.05, 0) is 60.4 Å². The molecule has 144 valence electrons. The molecule has 0 saturated heterocycles. The summed E-state index contributed by atoms with van der Waals surface area (Å²) in [6.45, 7) is 4.36. The molecule has 5 heteroatoms. The van der Waals surface area contributed by atoms with Crippen molar-refractivity contribution < 1.29 is 17.8 Å². The summed E-state index contributed by atoms with van der Waals surface area (Å²) in [6.07, 6.45) is 2.02. The predicted molar refractivity (Wildman–Crippen MR) is 112 cm³/mol. The molecule has 4 rings (SSSR count). The van der Waals surface area contributed by atoms with E-state index in [-0.39, 0.29) is 12.4 Å². The molecule has 0 aliphatic carbocycles. The molecule has 2 N–H and O–H groups in total. The number of anilines is 2. The number of hydrogen-bond donors (Lipinski definition) is 1. The Hall–Kier alpha value is -2.82. The van der Waals surface area contributed by atoms with Crippen LogP contribution in [-0.2, 0) is 12.8 Å². The summed E-state index contributed by atoms with van der Waals surface area (Å²) >= 11 is 0. The van der Waals surface area contributed by atoms with Crippen molar-refractivity contribution in [3.8, 4) is 0 Å². The number of nitrogens with two attached hydrogens (primary N) is 1. The quantitative estimate of drug-likeness (QED) is 0.655. The Bertz CT molecular complexity index is 956. The number of hydrazine groups is 1. The number of nitrogens with zero attached hydrogens (tertiary/aromatic N) is 3. The molecule has 3 aromatic rings. The molecular formula is C23H25ClN4. The Balaban J connectivity index is 0.00000225. The first-order valence-electron chi connectivity index (χ1n) is 9.54. The third-order valence-corrected chi connectivity index (χ3v) is 4.85. The van der Waals surface area contributed by atoms with Gasteiger partial charge in [-0.2, -0.15) is 5.43 Å². The number of hydrazone groups is 1. The Morgan fingerprint density at radius 1 is 0.750 bits per heavy atom. The lowest BCUT2D eigenvalue weighted by atomic mass is 10.1. The average molecular weight is 393 g/mol. The van der Waals surface area contributed by atoms with E-state index in [1.165, 1.54) is 11.1 Å². The van der Waals surface area contributed by atoms with Crippen LogP contribution in [0.3, 0.4) is 0 Å². The number of halogens is 1. The monoisotopic (exact) mass is 392 g/mol. The van der Waals surface area contributed by atoms with E-state index in [1.54, 1.807) is 0 Å². The fourth-order valence-electron chi connectivity index (χ4n) is 3.27. The molecule has 0 fully saturated rings. The number of amidine groups is 1. The number of benzene rings is 3. The number of rotatable bonds is 5. The van der Waals surface area contributed by atoms with Crippen LogP contribution in [0.5, 0.6) is 0 Å². The largest absolute Gasteiger partial charge is 1.00 e. The van der Waals surface area contributed by atoms with Gasteiger partial charge in [-0.1, -0.05) is 61.4 Å². The number of hydrogen-bond acceptors (Lipinski definition) is 3. The molecule has 0 unspecified atom stereocenters. The van der Waals surface area contributed by atoms with Gasteiger partial charge in [0.1, 0.15) is 5.69 Å². The van der Waals surface area contributed by atoms with E-state index < -0.39 is 0 Å². The molecule has 0 atom stereocenters. The lowest BCUT2D eigenvalue weighted by Crippen LogP contribution is -3.00. The third kappa shape index (κ3) is 4.03. The van der Waals surface area contributed by atoms with E-state index in [0.717, 1.165) is 35.6 Å². The molecule has 0 radical (unpaired) electrons. The van der Waals surface area contributed by atoms with Crippen LogP contribution in [0, 0.1) is 0 Å². The molecule has 1 aliphatic rings. The summed E-state index contributed by atoms with van der Waals surface area (Å²) < 4.78 is 0. The maximum Gasteiger partial charge on any atom is 0.277 e. The van der Waals surface area contributed by atoms with E-state index in [1.807, 2.05) is 23.3 Å². The molecule has 0 spiro atoms. The van der Waals surface area contributed by atoms with Gasteiger partial charge >= 0.3 is 0 Å². The summed E-state index contributed by atoms with van der Waals surface area (Å²) in [4.78, 5) is 0. The number of quaternary nitrogens is 1. The molecule has 0 aromatic heterocycles. The first-order valence-corrected chi connectivity index (χ1v) is 9.54. The summed E-state index contributed by atoms with van der Waals surface area (Å²) in [7, 11) is 0. The second-order valence-electron chi connectivity index (χ2n) is 6.66. The lowest BCUT2D eigenvalue weighted by Gasteiger charge is -2.24. The van der Waals surface area contributed by atoms with Crippen LogP contribution < -0.4 is 28.1 Å². The molecule has 3 aromatic carbocycles. The molecule has 0 amide bonds. The maximum atomic E-state index is 4.94. The van der Waals surface area contributed by atoms with Gasteiger partial charge in [0.05, 0.1) is 11.3 Å². The Morgan fingerprint density at radius 2 is 1.36 bits per heavy atom. The van der Waals surface area contributed by atoms with Crippen molar-refractivity contribution in [1.82, 2.24) is 0 Å². The van der Waals surface area contributed by atoms with Crippen LogP contribution in [0.2, 0.25) is 0 Å². The first kappa shape index (κ1) is 19.9. The van der Waals surface area contributed by atoms with E-state index in [4.69, 9.17) is 5.10 Å². The molecule has 0 saturated carbocycles. The Morgan fingerprint density at radius 3 is 2.00 bits per heavy atom. The van der Waals surface area contributed by atoms with Crippen molar-refractivity contribution in [1.29, 1.82) is 0 Å². The zero-order chi connectivity index (χ0) is 18.6. The van der Waals surface area contributed by atoms with E-state index >= 15 is 0 Å². The molecule has 1 heterocycles. The van der Waals surface area contributed by atoms with E-state index in [0.29, 0.717) is 0 Å². The predicted octanol–water partition coefficient (Wildman–Crippen LogP) is 0.897. The van der Waals surface area contributed by atoms with E-state index in [2.05, 4.69) is 85.1 Å². The van der Waals surface area contributed by atoms with Crippen molar-refractivity contribution in [2.24, 2.45) is 5.10 Å². The van der Waals surface area contributed by atoms with Crippen molar-refractivity contribution in [2.75, 3.05) is 10.2 Å². The summed E-state index contributed by atoms with van der Waals surface area (Å²) in [5.74, 6) is 0.958. The van der Waals surface area contributed by atoms with Gasteiger partial charge in [0.15, 0.2) is 0 Å². The highest BCUT2D eigenvalue weighted by atomic mass is 35.5.